The Morgan fingerprint density at radius 1 is 1.18 bits per heavy atom. The first-order chi connectivity index (χ1) is 7.71. The van der Waals surface area contributed by atoms with Crippen molar-refractivity contribution in [2.24, 2.45) is 5.41 Å². The maximum absolute atomic E-state index is 10.8. The van der Waals surface area contributed by atoms with E-state index in [-0.39, 0.29) is 11.8 Å². The second-order valence-corrected chi connectivity index (χ2v) is 5.79. The van der Waals surface area contributed by atoms with E-state index < -0.39 is 5.97 Å². The van der Waals surface area contributed by atoms with Crippen LogP contribution in [-0.4, -0.2) is 11.1 Å². The molecule has 0 aromatic heterocycles. The molecule has 0 bridgehead atoms. The second-order valence-electron chi connectivity index (χ2n) is 5.79. The Morgan fingerprint density at radius 2 is 1.65 bits per heavy atom. The number of hydrogen-bond donors (Lipinski definition) is 1. The zero-order valence-electron chi connectivity index (χ0n) is 11.4. The summed E-state index contributed by atoms with van der Waals surface area (Å²) in [5.74, 6) is -0.725. The summed E-state index contributed by atoms with van der Waals surface area (Å²) in [5, 5.41) is 8.91. The van der Waals surface area contributed by atoms with E-state index in [0.29, 0.717) is 0 Å². The minimum Gasteiger partial charge on any atom is -0.481 e. The molecule has 0 atom stereocenters. The summed E-state index contributed by atoms with van der Waals surface area (Å²) in [6, 6.07) is 4.33. The van der Waals surface area contributed by atoms with Crippen molar-refractivity contribution in [3.8, 4) is 0 Å². The average Bonchev–Trinajstić information content (AvgIpc) is 2.09. The first-order valence-electron chi connectivity index (χ1n) is 6.00. The number of hydrogen-bond acceptors (Lipinski definition) is 1. The standard InChI is InChI=1S/C15H22O2/c1-10-6-11(2)13(12(3)7-10)8-15(4,5)9-14(16)17/h6-7H,8-9H2,1-5H3,(H,16,17). The van der Waals surface area contributed by atoms with Crippen molar-refractivity contribution >= 4 is 5.97 Å². The molecule has 17 heavy (non-hydrogen) atoms. The fourth-order valence-corrected chi connectivity index (χ4v) is 2.44. The average molecular weight is 234 g/mol. The van der Waals surface area contributed by atoms with Crippen molar-refractivity contribution < 1.29 is 9.90 Å². The Kier molecular flexibility index (Phi) is 3.97. The molecule has 2 nitrogen and oxygen atoms in total. The molecule has 0 amide bonds. The smallest absolute Gasteiger partial charge is 0.303 e. The Hall–Kier alpha value is -1.31. The van der Waals surface area contributed by atoms with Gasteiger partial charge in [-0.05, 0) is 49.3 Å². The molecule has 0 aliphatic rings. The van der Waals surface area contributed by atoms with Gasteiger partial charge < -0.3 is 5.11 Å². The van der Waals surface area contributed by atoms with Crippen LogP contribution in [-0.2, 0) is 11.2 Å². The third-order valence-corrected chi connectivity index (χ3v) is 3.13. The van der Waals surface area contributed by atoms with Gasteiger partial charge in [0.2, 0.25) is 0 Å². The van der Waals surface area contributed by atoms with Crippen molar-refractivity contribution in [2.75, 3.05) is 0 Å². The summed E-state index contributed by atoms with van der Waals surface area (Å²) in [7, 11) is 0. The van der Waals surface area contributed by atoms with Crippen molar-refractivity contribution in [3.05, 3.63) is 34.4 Å². The van der Waals surface area contributed by atoms with Gasteiger partial charge in [0.15, 0.2) is 0 Å². The van der Waals surface area contributed by atoms with E-state index >= 15 is 0 Å². The van der Waals surface area contributed by atoms with E-state index in [2.05, 4.69) is 32.9 Å². The van der Waals surface area contributed by atoms with E-state index in [1.54, 1.807) is 0 Å². The monoisotopic (exact) mass is 234 g/mol. The second kappa shape index (κ2) is 4.91. The van der Waals surface area contributed by atoms with Gasteiger partial charge in [-0.1, -0.05) is 31.5 Å². The molecule has 94 valence electrons. The topological polar surface area (TPSA) is 37.3 Å². The molecule has 1 N–H and O–H groups in total. The first kappa shape index (κ1) is 13.8. The lowest BCUT2D eigenvalue weighted by molar-refractivity contribution is -0.139. The number of carbonyl (C=O) groups is 1. The van der Waals surface area contributed by atoms with E-state index in [1.807, 2.05) is 13.8 Å². The van der Waals surface area contributed by atoms with E-state index in [1.165, 1.54) is 22.3 Å². The highest BCUT2D eigenvalue weighted by atomic mass is 16.4. The van der Waals surface area contributed by atoms with E-state index in [9.17, 15) is 4.79 Å². The van der Waals surface area contributed by atoms with Crippen LogP contribution < -0.4 is 0 Å². The van der Waals surface area contributed by atoms with Crippen LogP contribution in [0.5, 0.6) is 0 Å². The summed E-state index contributed by atoms with van der Waals surface area (Å²) >= 11 is 0. The molecule has 0 unspecified atom stereocenters. The summed E-state index contributed by atoms with van der Waals surface area (Å²) in [6.07, 6.45) is 1.02. The molecule has 1 rings (SSSR count). The fraction of sp³-hybridized carbons (Fsp3) is 0.533. The van der Waals surface area contributed by atoms with Crippen LogP contribution in [0.25, 0.3) is 0 Å². The fourth-order valence-electron chi connectivity index (χ4n) is 2.44. The molecular formula is C15H22O2. The van der Waals surface area contributed by atoms with E-state index in [4.69, 9.17) is 5.11 Å². The van der Waals surface area contributed by atoms with Gasteiger partial charge in [-0.2, -0.15) is 0 Å². The third kappa shape index (κ3) is 3.88. The normalized spacial score (nSPS) is 11.6. The minimum absolute atomic E-state index is 0.198. The van der Waals surface area contributed by atoms with E-state index in [0.717, 1.165) is 6.42 Å². The van der Waals surface area contributed by atoms with Gasteiger partial charge >= 0.3 is 5.97 Å². The number of carboxylic acid groups (broad SMARTS) is 1. The van der Waals surface area contributed by atoms with Crippen molar-refractivity contribution in [2.45, 2.75) is 47.5 Å². The quantitative estimate of drug-likeness (QED) is 0.863. The van der Waals surface area contributed by atoms with Crippen LogP contribution >= 0.6 is 0 Å². The number of benzene rings is 1. The SMILES string of the molecule is Cc1cc(C)c(CC(C)(C)CC(=O)O)c(C)c1. The number of aliphatic carboxylic acids is 1. The van der Waals surface area contributed by atoms with Gasteiger partial charge in [0, 0.05) is 0 Å². The van der Waals surface area contributed by atoms with Crippen LogP contribution in [0.3, 0.4) is 0 Å². The first-order valence-corrected chi connectivity index (χ1v) is 6.00. The highest BCUT2D eigenvalue weighted by Crippen LogP contribution is 2.29. The van der Waals surface area contributed by atoms with Gasteiger partial charge in [0.25, 0.3) is 0 Å². The van der Waals surface area contributed by atoms with Gasteiger partial charge in [-0.15, -0.1) is 0 Å². The molecule has 0 radical (unpaired) electrons. The molecule has 0 aliphatic carbocycles. The lowest BCUT2D eigenvalue weighted by Gasteiger charge is -2.25. The zero-order valence-corrected chi connectivity index (χ0v) is 11.4. The van der Waals surface area contributed by atoms with Crippen molar-refractivity contribution in [1.29, 1.82) is 0 Å². The molecule has 1 aromatic carbocycles. The maximum atomic E-state index is 10.8. The van der Waals surface area contributed by atoms with Crippen LogP contribution in [0.1, 0.15) is 42.5 Å². The molecule has 0 saturated heterocycles. The zero-order chi connectivity index (χ0) is 13.2. The maximum Gasteiger partial charge on any atom is 0.303 e. The van der Waals surface area contributed by atoms with Crippen LogP contribution in [0, 0.1) is 26.2 Å². The predicted molar refractivity (Wildman–Crippen MR) is 70.4 cm³/mol. The molecule has 0 spiro atoms. The van der Waals surface area contributed by atoms with Crippen LogP contribution in [0.4, 0.5) is 0 Å². The Morgan fingerprint density at radius 3 is 2.06 bits per heavy atom. The molecule has 0 saturated carbocycles. The van der Waals surface area contributed by atoms with Crippen LogP contribution in [0.15, 0.2) is 12.1 Å². The highest BCUT2D eigenvalue weighted by molar-refractivity contribution is 5.67. The minimum atomic E-state index is -0.725. The summed E-state index contributed by atoms with van der Waals surface area (Å²) in [4.78, 5) is 10.8. The van der Waals surface area contributed by atoms with Crippen molar-refractivity contribution in [3.63, 3.8) is 0 Å². The molecule has 0 fully saturated rings. The van der Waals surface area contributed by atoms with Crippen LogP contribution in [0.2, 0.25) is 0 Å². The molecular weight excluding hydrogens is 212 g/mol. The number of carboxylic acids is 1. The summed E-state index contributed by atoms with van der Waals surface area (Å²) in [5.41, 5.74) is 4.89. The summed E-state index contributed by atoms with van der Waals surface area (Å²) in [6.45, 7) is 10.3. The van der Waals surface area contributed by atoms with Gasteiger partial charge in [-0.3, -0.25) is 4.79 Å². The lowest BCUT2D eigenvalue weighted by atomic mass is 9.80. The van der Waals surface area contributed by atoms with Gasteiger partial charge in [-0.25, -0.2) is 0 Å². The summed E-state index contributed by atoms with van der Waals surface area (Å²) < 4.78 is 0. The molecule has 2 heteroatoms. The molecule has 0 aliphatic heterocycles. The Labute approximate surface area is 104 Å². The predicted octanol–water partition coefficient (Wildman–Crippen LogP) is 3.66. The Bertz CT molecular complexity index is 408. The lowest BCUT2D eigenvalue weighted by Crippen LogP contribution is -2.20. The molecule has 1 aromatic rings. The highest BCUT2D eigenvalue weighted by Gasteiger charge is 2.23. The Balaban J connectivity index is 2.99. The number of aryl methyl sites for hydroxylation is 3. The van der Waals surface area contributed by atoms with Gasteiger partial charge in [0.05, 0.1) is 6.42 Å². The number of rotatable bonds is 4. The van der Waals surface area contributed by atoms with Gasteiger partial charge in [0.1, 0.15) is 0 Å². The largest absolute Gasteiger partial charge is 0.481 e. The molecule has 0 heterocycles. The van der Waals surface area contributed by atoms with Crippen molar-refractivity contribution in [1.82, 2.24) is 0 Å². The third-order valence-electron chi connectivity index (χ3n) is 3.13.